The molecule has 18 heavy (non-hydrogen) atoms. The first kappa shape index (κ1) is 13.6. The molecule has 1 aromatic rings. The van der Waals surface area contributed by atoms with Crippen molar-refractivity contribution in [2.45, 2.75) is 57.1 Å². The Hall–Kier alpha value is -0.860. The molecule has 0 spiro atoms. The fourth-order valence-electron chi connectivity index (χ4n) is 2.77. The Morgan fingerprint density at radius 1 is 1.11 bits per heavy atom. The van der Waals surface area contributed by atoms with Crippen molar-refractivity contribution in [3.05, 3.63) is 35.9 Å². The van der Waals surface area contributed by atoms with Crippen molar-refractivity contribution in [1.29, 1.82) is 0 Å². The second kappa shape index (κ2) is 6.35. The summed E-state index contributed by atoms with van der Waals surface area (Å²) in [5, 5.41) is 14.1. The maximum atomic E-state index is 10.6. The van der Waals surface area contributed by atoms with E-state index in [1.54, 1.807) is 0 Å². The van der Waals surface area contributed by atoms with E-state index in [0.29, 0.717) is 12.6 Å². The van der Waals surface area contributed by atoms with E-state index in [-0.39, 0.29) is 0 Å². The van der Waals surface area contributed by atoms with Gasteiger partial charge in [-0.1, -0.05) is 56.0 Å². The molecule has 2 nitrogen and oxygen atoms in total. The van der Waals surface area contributed by atoms with Gasteiger partial charge in [0.2, 0.25) is 0 Å². The van der Waals surface area contributed by atoms with Crippen LogP contribution in [0, 0.1) is 0 Å². The summed E-state index contributed by atoms with van der Waals surface area (Å²) in [6.45, 7) is 2.87. The standard InChI is InChI=1S/C16H25NO/c1-14(15-9-5-4-6-10-15)17-13-16(18)11-7-2-3-8-12-16/h4-6,9-10,14,17-18H,2-3,7-8,11-13H2,1H3. The van der Waals surface area contributed by atoms with Gasteiger partial charge in [-0.3, -0.25) is 0 Å². The first-order valence-electron chi connectivity index (χ1n) is 7.20. The summed E-state index contributed by atoms with van der Waals surface area (Å²) < 4.78 is 0. The summed E-state index contributed by atoms with van der Waals surface area (Å²) in [5.74, 6) is 0. The largest absolute Gasteiger partial charge is 0.389 e. The van der Waals surface area contributed by atoms with Gasteiger partial charge in [0.15, 0.2) is 0 Å². The minimum atomic E-state index is -0.487. The van der Waals surface area contributed by atoms with Gasteiger partial charge in [-0.05, 0) is 25.3 Å². The molecule has 0 radical (unpaired) electrons. The fraction of sp³-hybridized carbons (Fsp3) is 0.625. The third kappa shape index (κ3) is 3.82. The van der Waals surface area contributed by atoms with E-state index in [0.717, 1.165) is 25.7 Å². The van der Waals surface area contributed by atoms with Crippen LogP contribution in [0.15, 0.2) is 30.3 Å². The molecular formula is C16H25NO. The van der Waals surface area contributed by atoms with Crippen LogP contribution in [0.3, 0.4) is 0 Å². The van der Waals surface area contributed by atoms with Gasteiger partial charge in [-0.2, -0.15) is 0 Å². The van der Waals surface area contributed by atoms with Crippen LogP contribution in [0.25, 0.3) is 0 Å². The lowest BCUT2D eigenvalue weighted by Crippen LogP contribution is -2.41. The van der Waals surface area contributed by atoms with Gasteiger partial charge in [0.1, 0.15) is 0 Å². The normalized spacial score (nSPS) is 21.2. The van der Waals surface area contributed by atoms with Gasteiger partial charge < -0.3 is 10.4 Å². The van der Waals surface area contributed by atoms with Crippen molar-refractivity contribution in [1.82, 2.24) is 5.32 Å². The molecule has 0 aromatic heterocycles. The van der Waals surface area contributed by atoms with E-state index in [2.05, 4.69) is 36.5 Å². The molecule has 0 heterocycles. The van der Waals surface area contributed by atoms with E-state index in [1.165, 1.54) is 18.4 Å². The van der Waals surface area contributed by atoms with Crippen LogP contribution < -0.4 is 5.32 Å². The van der Waals surface area contributed by atoms with Crippen molar-refractivity contribution in [3.63, 3.8) is 0 Å². The Bertz CT molecular complexity index is 341. The van der Waals surface area contributed by atoms with Gasteiger partial charge in [0, 0.05) is 12.6 Å². The highest BCUT2D eigenvalue weighted by molar-refractivity contribution is 5.18. The van der Waals surface area contributed by atoms with E-state index >= 15 is 0 Å². The van der Waals surface area contributed by atoms with Crippen molar-refractivity contribution >= 4 is 0 Å². The summed E-state index contributed by atoms with van der Waals surface area (Å²) in [4.78, 5) is 0. The number of hydrogen-bond acceptors (Lipinski definition) is 2. The molecule has 1 atom stereocenters. The van der Waals surface area contributed by atoms with E-state index in [1.807, 2.05) is 6.07 Å². The van der Waals surface area contributed by atoms with Crippen LogP contribution >= 0.6 is 0 Å². The molecule has 1 fully saturated rings. The number of hydrogen-bond donors (Lipinski definition) is 2. The highest BCUT2D eigenvalue weighted by Crippen LogP contribution is 2.27. The highest BCUT2D eigenvalue weighted by atomic mass is 16.3. The van der Waals surface area contributed by atoms with Gasteiger partial charge in [-0.15, -0.1) is 0 Å². The smallest absolute Gasteiger partial charge is 0.0771 e. The van der Waals surface area contributed by atoms with Gasteiger partial charge in [0.25, 0.3) is 0 Å². The molecule has 2 N–H and O–H groups in total. The Morgan fingerprint density at radius 3 is 2.33 bits per heavy atom. The van der Waals surface area contributed by atoms with Crippen molar-refractivity contribution in [2.75, 3.05) is 6.54 Å². The lowest BCUT2D eigenvalue weighted by molar-refractivity contribution is 0.0231. The fourth-order valence-corrected chi connectivity index (χ4v) is 2.77. The quantitative estimate of drug-likeness (QED) is 0.799. The van der Waals surface area contributed by atoms with Crippen molar-refractivity contribution in [2.24, 2.45) is 0 Å². The zero-order valence-corrected chi connectivity index (χ0v) is 11.4. The molecular weight excluding hydrogens is 222 g/mol. The number of nitrogens with one attached hydrogen (secondary N) is 1. The van der Waals surface area contributed by atoms with Crippen LogP contribution in [-0.2, 0) is 0 Å². The molecule has 1 saturated carbocycles. The topological polar surface area (TPSA) is 32.3 Å². The molecule has 1 unspecified atom stereocenters. The molecule has 1 aliphatic rings. The molecule has 1 aliphatic carbocycles. The van der Waals surface area contributed by atoms with Gasteiger partial charge in [0.05, 0.1) is 5.60 Å². The molecule has 0 amide bonds. The third-order valence-corrected chi connectivity index (χ3v) is 4.07. The molecule has 0 bridgehead atoms. The lowest BCUT2D eigenvalue weighted by atomic mass is 9.94. The minimum Gasteiger partial charge on any atom is -0.389 e. The van der Waals surface area contributed by atoms with Crippen LogP contribution in [0.1, 0.15) is 57.1 Å². The number of benzene rings is 1. The number of rotatable bonds is 4. The minimum absolute atomic E-state index is 0.304. The summed E-state index contributed by atoms with van der Waals surface area (Å²) in [5.41, 5.74) is 0.800. The second-order valence-corrected chi connectivity index (χ2v) is 5.65. The Labute approximate surface area is 110 Å². The summed E-state index contributed by atoms with van der Waals surface area (Å²) in [7, 11) is 0. The van der Waals surface area contributed by atoms with Crippen molar-refractivity contribution < 1.29 is 5.11 Å². The average Bonchev–Trinajstić information content (AvgIpc) is 2.62. The molecule has 1 aromatic carbocycles. The Morgan fingerprint density at radius 2 is 1.72 bits per heavy atom. The predicted molar refractivity (Wildman–Crippen MR) is 75.5 cm³/mol. The molecule has 2 rings (SSSR count). The van der Waals surface area contributed by atoms with E-state index in [4.69, 9.17) is 0 Å². The van der Waals surface area contributed by atoms with Crippen LogP contribution in [-0.4, -0.2) is 17.3 Å². The van der Waals surface area contributed by atoms with E-state index in [9.17, 15) is 5.11 Å². The van der Waals surface area contributed by atoms with Crippen LogP contribution in [0.4, 0.5) is 0 Å². The SMILES string of the molecule is CC(NCC1(O)CCCCCC1)c1ccccc1. The maximum absolute atomic E-state index is 10.6. The molecule has 2 heteroatoms. The molecule has 100 valence electrons. The monoisotopic (exact) mass is 247 g/mol. The van der Waals surface area contributed by atoms with Crippen LogP contribution in [0.5, 0.6) is 0 Å². The first-order valence-corrected chi connectivity index (χ1v) is 7.20. The maximum Gasteiger partial charge on any atom is 0.0771 e. The summed E-state index contributed by atoms with van der Waals surface area (Å²) >= 11 is 0. The zero-order valence-electron chi connectivity index (χ0n) is 11.4. The summed E-state index contributed by atoms with van der Waals surface area (Å²) in [6.07, 6.45) is 6.77. The Balaban J connectivity index is 1.86. The second-order valence-electron chi connectivity index (χ2n) is 5.65. The Kier molecular flexibility index (Phi) is 4.79. The van der Waals surface area contributed by atoms with Crippen molar-refractivity contribution in [3.8, 4) is 0 Å². The number of aliphatic hydroxyl groups is 1. The van der Waals surface area contributed by atoms with Gasteiger partial charge in [-0.25, -0.2) is 0 Å². The lowest BCUT2D eigenvalue weighted by Gasteiger charge is -2.29. The highest BCUT2D eigenvalue weighted by Gasteiger charge is 2.28. The molecule has 0 saturated heterocycles. The summed E-state index contributed by atoms with van der Waals surface area (Å²) in [6, 6.07) is 10.7. The zero-order chi connectivity index (χ0) is 12.8. The average molecular weight is 247 g/mol. The van der Waals surface area contributed by atoms with Crippen LogP contribution in [0.2, 0.25) is 0 Å². The molecule has 0 aliphatic heterocycles. The predicted octanol–water partition coefficient (Wildman–Crippen LogP) is 3.42. The van der Waals surface area contributed by atoms with E-state index < -0.39 is 5.60 Å². The third-order valence-electron chi connectivity index (χ3n) is 4.07. The first-order chi connectivity index (χ1) is 8.70. The van der Waals surface area contributed by atoms with Gasteiger partial charge >= 0.3 is 0 Å².